The maximum Gasteiger partial charge on any atom is 0.222 e. The van der Waals surface area contributed by atoms with Gasteiger partial charge in [0.25, 0.3) is 0 Å². The summed E-state index contributed by atoms with van der Waals surface area (Å²) in [5, 5.41) is 1.06. The van der Waals surface area contributed by atoms with E-state index in [1.54, 1.807) is 11.3 Å². The fraction of sp³-hybridized carbons (Fsp3) is 0.733. The van der Waals surface area contributed by atoms with Crippen molar-refractivity contribution in [2.24, 2.45) is 0 Å². The summed E-state index contributed by atoms with van der Waals surface area (Å²) in [5.41, 5.74) is 1.08. The first-order chi connectivity index (χ1) is 10.1. The maximum absolute atomic E-state index is 12.3. The van der Waals surface area contributed by atoms with Crippen LogP contribution in [0, 0.1) is 13.8 Å². The van der Waals surface area contributed by atoms with Gasteiger partial charge < -0.3 is 14.4 Å². The average molecular weight is 310 g/mol. The Morgan fingerprint density at radius 1 is 1.29 bits per heavy atom. The van der Waals surface area contributed by atoms with E-state index in [2.05, 4.69) is 11.9 Å². The zero-order valence-corrected chi connectivity index (χ0v) is 13.5. The Balaban J connectivity index is 1.48. The van der Waals surface area contributed by atoms with Crippen LogP contribution in [-0.2, 0) is 20.7 Å². The number of carbonyl (C=O) groups excluding carboxylic acids is 1. The van der Waals surface area contributed by atoms with Crippen LogP contribution in [0.4, 0.5) is 0 Å². The molecule has 2 fully saturated rings. The molecule has 1 aromatic rings. The van der Waals surface area contributed by atoms with Crippen molar-refractivity contribution in [3.8, 4) is 0 Å². The molecule has 0 aliphatic carbocycles. The summed E-state index contributed by atoms with van der Waals surface area (Å²) in [6.07, 6.45) is 2.86. The minimum Gasteiger partial charge on any atom is -0.347 e. The van der Waals surface area contributed by atoms with Gasteiger partial charge in [-0.1, -0.05) is 0 Å². The Morgan fingerprint density at radius 2 is 1.95 bits per heavy atom. The van der Waals surface area contributed by atoms with Gasteiger partial charge in [-0.25, -0.2) is 4.98 Å². The molecule has 0 aromatic carbocycles. The van der Waals surface area contributed by atoms with E-state index in [0.717, 1.165) is 43.1 Å². The second-order valence-electron chi connectivity index (χ2n) is 5.74. The molecule has 0 atom stereocenters. The minimum absolute atomic E-state index is 0.216. The third-order valence-electron chi connectivity index (χ3n) is 4.32. The molecular formula is C15H22N2O3S. The quantitative estimate of drug-likeness (QED) is 0.857. The van der Waals surface area contributed by atoms with Crippen LogP contribution < -0.4 is 0 Å². The zero-order valence-electron chi connectivity index (χ0n) is 12.7. The predicted octanol–water partition coefficient (Wildman–Crippen LogP) is 2.06. The van der Waals surface area contributed by atoms with Crippen LogP contribution in [0.2, 0.25) is 0 Å². The van der Waals surface area contributed by atoms with E-state index in [1.165, 1.54) is 4.88 Å². The summed E-state index contributed by atoms with van der Waals surface area (Å²) in [5.74, 6) is -0.186. The number of amides is 1. The fourth-order valence-corrected chi connectivity index (χ4v) is 3.83. The molecule has 0 radical (unpaired) electrons. The lowest BCUT2D eigenvalue weighted by atomic mass is 10.0. The van der Waals surface area contributed by atoms with Gasteiger partial charge in [0.2, 0.25) is 5.91 Å². The first kappa shape index (κ1) is 14.9. The van der Waals surface area contributed by atoms with Crippen LogP contribution >= 0.6 is 11.3 Å². The molecule has 6 heteroatoms. The summed E-state index contributed by atoms with van der Waals surface area (Å²) in [6, 6.07) is 0. The molecule has 1 aromatic heterocycles. The Labute approximate surface area is 129 Å². The number of nitrogens with zero attached hydrogens (tertiary/aromatic N) is 2. The maximum atomic E-state index is 12.3. The summed E-state index contributed by atoms with van der Waals surface area (Å²) in [4.78, 5) is 20.0. The number of aryl methyl sites for hydroxylation is 3. The van der Waals surface area contributed by atoms with Crippen LogP contribution in [0.15, 0.2) is 0 Å². The van der Waals surface area contributed by atoms with Gasteiger partial charge >= 0.3 is 0 Å². The van der Waals surface area contributed by atoms with Gasteiger partial charge in [0.1, 0.15) is 0 Å². The van der Waals surface area contributed by atoms with Crippen molar-refractivity contribution in [1.29, 1.82) is 0 Å². The lowest BCUT2D eigenvalue weighted by molar-refractivity contribution is -0.187. The van der Waals surface area contributed by atoms with E-state index < -0.39 is 5.79 Å². The summed E-state index contributed by atoms with van der Waals surface area (Å²) in [6.45, 7) is 6.91. The second-order valence-corrected chi connectivity index (χ2v) is 7.03. The molecule has 0 saturated carbocycles. The van der Waals surface area contributed by atoms with Crippen molar-refractivity contribution in [3.05, 3.63) is 15.6 Å². The molecular weight excluding hydrogens is 288 g/mol. The van der Waals surface area contributed by atoms with Crippen LogP contribution in [0.25, 0.3) is 0 Å². The number of thiazole rings is 1. The van der Waals surface area contributed by atoms with Crippen molar-refractivity contribution < 1.29 is 14.3 Å². The number of ether oxygens (including phenoxy) is 2. The topological polar surface area (TPSA) is 51.7 Å². The number of rotatable bonds is 3. The molecule has 2 saturated heterocycles. The number of hydrogen-bond acceptors (Lipinski definition) is 5. The normalized spacial score (nSPS) is 21.1. The first-order valence-electron chi connectivity index (χ1n) is 7.57. The molecule has 3 heterocycles. The predicted molar refractivity (Wildman–Crippen MR) is 80.4 cm³/mol. The SMILES string of the molecule is Cc1nc(CCC(=O)N2CCC3(CC2)OCCO3)sc1C. The molecule has 1 spiro atoms. The van der Waals surface area contributed by atoms with Gasteiger partial charge in [-0.2, -0.15) is 0 Å². The van der Waals surface area contributed by atoms with Gasteiger partial charge in [0.05, 0.1) is 23.9 Å². The van der Waals surface area contributed by atoms with Crippen LogP contribution in [0.3, 0.4) is 0 Å². The molecule has 3 rings (SSSR count). The van der Waals surface area contributed by atoms with E-state index in [9.17, 15) is 4.79 Å². The van der Waals surface area contributed by atoms with Gasteiger partial charge in [-0.05, 0) is 13.8 Å². The van der Waals surface area contributed by atoms with Gasteiger partial charge in [-0.15, -0.1) is 11.3 Å². The molecule has 5 nitrogen and oxygen atoms in total. The average Bonchev–Trinajstić information content (AvgIpc) is 3.05. The van der Waals surface area contributed by atoms with Crippen LogP contribution in [0.5, 0.6) is 0 Å². The summed E-state index contributed by atoms with van der Waals surface area (Å²) in [7, 11) is 0. The fourth-order valence-electron chi connectivity index (χ4n) is 2.90. The lowest BCUT2D eigenvalue weighted by Crippen LogP contribution is -2.47. The highest BCUT2D eigenvalue weighted by Gasteiger charge is 2.40. The monoisotopic (exact) mass is 310 g/mol. The molecule has 2 aliphatic rings. The number of piperidine rings is 1. The number of aromatic nitrogens is 1. The first-order valence-corrected chi connectivity index (χ1v) is 8.38. The molecule has 1 amide bonds. The Kier molecular flexibility index (Phi) is 4.28. The molecule has 2 aliphatic heterocycles. The highest BCUT2D eigenvalue weighted by atomic mass is 32.1. The third kappa shape index (κ3) is 3.27. The van der Waals surface area contributed by atoms with Crippen molar-refractivity contribution >= 4 is 17.2 Å². The van der Waals surface area contributed by atoms with E-state index >= 15 is 0 Å². The Morgan fingerprint density at radius 3 is 2.52 bits per heavy atom. The standard InChI is InChI=1S/C15H22N2O3S/c1-11-12(2)21-13(16-11)3-4-14(18)17-7-5-15(6-8-17)19-9-10-20-15/h3-10H2,1-2H3. The highest BCUT2D eigenvalue weighted by molar-refractivity contribution is 7.11. The largest absolute Gasteiger partial charge is 0.347 e. The smallest absolute Gasteiger partial charge is 0.222 e. The Hall–Kier alpha value is -0.980. The summed E-state index contributed by atoms with van der Waals surface area (Å²) >= 11 is 1.70. The van der Waals surface area contributed by atoms with Crippen molar-refractivity contribution in [2.75, 3.05) is 26.3 Å². The minimum atomic E-state index is -0.402. The van der Waals surface area contributed by atoms with Crippen molar-refractivity contribution in [3.63, 3.8) is 0 Å². The molecule has 21 heavy (non-hydrogen) atoms. The number of likely N-dealkylation sites (tertiary alicyclic amines) is 1. The molecule has 0 N–H and O–H groups in total. The van der Waals surface area contributed by atoms with Crippen molar-refractivity contribution in [1.82, 2.24) is 9.88 Å². The Bertz CT molecular complexity index is 493. The van der Waals surface area contributed by atoms with Gasteiger partial charge in [0, 0.05) is 43.6 Å². The van der Waals surface area contributed by atoms with E-state index in [-0.39, 0.29) is 5.91 Å². The van der Waals surface area contributed by atoms with Crippen LogP contribution in [-0.4, -0.2) is 47.9 Å². The highest BCUT2D eigenvalue weighted by Crippen LogP contribution is 2.31. The van der Waals surface area contributed by atoms with Crippen molar-refractivity contribution in [2.45, 2.75) is 45.3 Å². The van der Waals surface area contributed by atoms with Crippen LogP contribution in [0.1, 0.15) is 34.8 Å². The molecule has 0 bridgehead atoms. The number of hydrogen-bond donors (Lipinski definition) is 0. The van der Waals surface area contributed by atoms with Gasteiger partial charge in [0.15, 0.2) is 5.79 Å². The van der Waals surface area contributed by atoms with E-state index in [1.807, 2.05) is 11.8 Å². The molecule has 116 valence electrons. The summed E-state index contributed by atoms with van der Waals surface area (Å²) < 4.78 is 11.4. The van der Waals surface area contributed by atoms with Gasteiger partial charge in [-0.3, -0.25) is 4.79 Å². The number of carbonyl (C=O) groups is 1. The molecule has 0 unspecified atom stereocenters. The lowest BCUT2D eigenvalue weighted by Gasteiger charge is -2.37. The zero-order chi connectivity index (χ0) is 14.9. The second kappa shape index (κ2) is 6.02. The van der Waals surface area contributed by atoms with E-state index in [0.29, 0.717) is 19.6 Å². The van der Waals surface area contributed by atoms with E-state index in [4.69, 9.17) is 9.47 Å². The third-order valence-corrected chi connectivity index (χ3v) is 5.45.